The minimum absolute atomic E-state index is 0.0737. The Bertz CT molecular complexity index is 1670. The maximum atomic E-state index is 8.44. The van der Waals surface area contributed by atoms with Crippen molar-refractivity contribution in [3.8, 4) is 0 Å². The third kappa shape index (κ3) is 2.79. The Labute approximate surface area is 176 Å². The van der Waals surface area contributed by atoms with E-state index in [0.717, 1.165) is 43.9 Å². The molecule has 0 spiro atoms. The largest absolute Gasteiger partial charge is 0.456 e. The summed E-state index contributed by atoms with van der Waals surface area (Å²) in [5.74, 6) is 0.335. The van der Waals surface area contributed by atoms with Gasteiger partial charge in [-0.25, -0.2) is 4.99 Å². The van der Waals surface area contributed by atoms with Gasteiger partial charge in [0.1, 0.15) is 28.2 Å². The molecule has 148 valence electrons. The highest BCUT2D eigenvalue weighted by Gasteiger charge is 2.11. The lowest BCUT2D eigenvalue weighted by molar-refractivity contribution is 0.668. The molecular weight excluding hydrogens is 386 g/mol. The van der Waals surface area contributed by atoms with Gasteiger partial charge in [-0.05, 0) is 36.4 Å². The van der Waals surface area contributed by atoms with Gasteiger partial charge in [0.25, 0.3) is 0 Å². The maximum Gasteiger partial charge on any atom is 0.154 e. The van der Waals surface area contributed by atoms with Gasteiger partial charge in [-0.1, -0.05) is 48.5 Å². The Morgan fingerprint density at radius 2 is 1.10 bits per heavy atom. The van der Waals surface area contributed by atoms with Gasteiger partial charge in [0.2, 0.25) is 0 Å². The van der Waals surface area contributed by atoms with Crippen molar-refractivity contribution in [1.29, 1.82) is 5.41 Å². The molecule has 2 heterocycles. The van der Waals surface area contributed by atoms with Crippen LogP contribution in [0, 0.1) is 5.41 Å². The van der Waals surface area contributed by atoms with E-state index in [1.165, 1.54) is 0 Å². The number of rotatable bonds is 2. The fourth-order valence-electron chi connectivity index (χ4n) is 4.01. The molecule has 6 aromatic rings. The first kappa shape index (κ1) is 17.5. The lowest BCUT2D eigenvalue weighted by atomic mass is 10.1. The molecule has 0 unspecified atom stereocenters. The molecule has 0 atom stereocenters. The van der Waals surface area contributed by atoms with E-state index in [1.54, 1.807) is 0 Å². The van der Waals surface area contributed by atoms with E-state index in [-0.39, 0.29) is 11.7 Å². The first-order valence-electron chi connectivity index (χ1n) is 9.93. The van der Waals surface area contributed by atoms with E-state index in [2.05, 4.69) is 4.99 Å². The molecule has 6 rings (SSSR count). The van der Waals surface area contributed by atoms with Crippen LogP contribution in [0.2, 0.25) is 0 Å². The summed E-state index contributed by atoms with van der Waals surface area (Å²) in [5, 5.41) is 12.6. The number of nitrogens with two attached hydrogens (primary N) is 1. The van der Waals surface area contributed by atoms with Gasteiger partial charge in [0.15, 0.2) is 5.84 Å². The highest BCUT2D eigenvalue weighted by Crippen LogP contribution is 2.30. The van der Waals surface area contributed by atoms with Crippen molar-refractivity contribution in [3.05, 3.63) is 96.1 Å². The predicted molar refractivity (Wildman–Crippen MR) is 125 cm³/mol. The third-order valence-corrected chi connectivity index (χ3v) is 5.56. The van der Waals surface area contributed by atoms with E-state index in [4.69, 9.17) is 20.0 Å². The number of nitrogens with one attached hydrogen (secondary N) is 1. The number of hydrogen-bond acceptors (Lipinski definition) is 3. The van der Waals surface area contributed by atoms with Crippen molar-refractivity contribution in [2.75, 3.05) is 0 Å². The van der Waals surface area contributed by atoms with Gasteiger partial charge in [0.05, 0.1) is 0 Å². The minimum Gasteiger partial charge on any atom is -0.456 e. The predicted octanol–water partition coefficient (Wildman–Crippen LogP) is 6.22. The van der Waals surface area contributed by atoms with E-state index >= 15 is 0 Å². The van der Waals surface area contributed by atoms with Crippen LogP contribution < -0.4 is 5.73 Å². The number of aliphatic imine (C=N–C) groups is 1. The molecule has 0 saturated heterocycles. The fourth-order valence-corrected chi connectivity index (χ4v) is 4.01. The Kier molecular flexibility index (Phi) is 3.70. The SMILES string of the molecule is N=C(/N=C(\N)c1ccc2c(c1)oc1ccccc12)c1ccc2c(c1)oc1ccccc12. The number of hydrogen-bond donors (Lipinski definition) is 2. The maximum absolute atomic E-state index is 8.44. The van der Waals surface area contributed by atoms with Crippen molar-refractivity contribution in [3.63, 3.8) is 0 Å². The third-order valence-electron chi connectivity index (χ3n) is 5.56. The molecule has 0 aliphatic rings. The molecule has 0 aliphatic carbocycles. The summed E-state index contributed by atoms with van der Waals surface area (Å²) in [6.45, 7) is 0. The second-order valence-electron chi connectivity index (χ2n) is 7.46. The first-order chi connectivity index (χ1) is 15.2. The second-order valence-corrected chi connectivity index (χ2v) is 7.46. The molecule has 3 N–H and O–H groups in total. The smallest absolute Gasteiger partial charge is 0.154 e. The summed E-state index contributed by atoms with van der Waals surface area (Å²) >= 11 is 0. The number of benzene rings is 4. The van der Waals surface area contributed by atoms with Gasteiger partial charge in [-0.15, -0.1) is 0 Å². The number of fused-ring (bicyclic) bond motifs is 6. The summed E-state index contributed by atoms with van der Waals surface area (Å²) in [6, 6.07) is 27.2. The zero-order valence-corrected chi connectivity index (χ0v) is 16.4. The van der Waals surface area contributed by atoms with Gasteiger partial charge in [-0.3, -0.25) is 5.41 Å². The monoisotopic (exact) mass is 403 g/mol. The molecule has 31 heavy (non-hydrogen) atoms. The molecular formula is C26H17N3O2. The van der Waals surface area contributed by atoms with Crippen LogP contribution in [0.4, 0.5) is 0 Å². The van der Waals surface area contributed by atoms with E-state index in [1.807, 2.05) is 84.9 Å². The molecule has 0 saturated carbocycles. The quantitative estimate of drug-likeness (QED) is 0.266. The van der Waals surface area contributed by atoms with Crippen LogP contribution in [0.15, 0.2) is 98.8 Å². The van der Waals surface area contributed by atoms with Gasteiger partial charge in [0, 0.05) is 32.7 Å². The van der Waals surface area contributed by atoms with Crippen LogP contribution >= 0.6 is 0 Å². The Balaban J connectivity index is 1.37. The number of furan rings is 2. The lowest BCUT2D eigenvalue weighted by Gasteiger charge is -2.03. The number of amidine groups is 2. The Hall–Kier alpha value is -4.38. The minimum atomic E-state index is 0.0737. The second kappa shape index (κ2) is 6.57. The standard InChI is InChI=1S/C26H17N3O2/c27-25(15-9-11-19-17-5-1-3-7-21(17)30-23(19)13-15)29-26(28)16-10-12-20-18-6-2-4-8-22(18)31-24(20)14-16/h1-14H,(H3,27,28,29). The van der Waals surface area contributed by atoms with Crippen molar-refractivity contribution >= 4 is 55.5 Å². The molecule has 2 aromatic heterocycles. The van der Waals surface area contributed by atoms with Crippen LogP contribution in [-0.2, 0) is 0 Å². The lowest BCUT2D eigenvalue weighted by Crippen LogP contribution is -2.15. The highest BCUT2D eigenvalue weighted by molar-refractivity contribution is 6.14. The molecule has 5 heteroatoms. The van der Waals surface area contributed by atoms with Crippen LogP contribution in [0.1, 0.15) is 11.1 Å². The summed E-state index contributed by atoms with van der Waals surface area (Å²) in [6.07, 6.45) is 0. The van der Waals surface area contributed by atoms with E-state index in [0.29, 0.717) is 11.1 Å². The van der Waals surface area contributed by atoms with Crippen molar-refractivity contribution < 1.29 is 8.83 Å². The highest BCUT2D eigenvalue weighted by atomic mass is 16.3. The van der Waals surface area contributed by atoms with Crippen molar-refractivity contribution in [1.82, 2.24) is 0 Å². The summed E-state index contributed by atoms with van der Waals surface area (Å²) in [7, 11) is 0. The average molecular weight is 403 g/mol. The van der Waals surface area contributed by atoms with Crippen LogP contribution in [-0.4, -0.2) is 11.7 Å². The van der Waals surface area contributed by atoms with Gasteiger partial charge in [-0.2, -0.15) is 0 Å². The molecule has 5 nitrogen and oxygen atoms in total. The summed E-state index contributed by atoms with van der Waals surface area (Å²) in [4.78, 5) is 4.33. The van der Waals surface area contributed by atoms with Crippen LogP contribution in [0.25, 0.3) is 43.9 Å². The molecule has 4 aromatic carbocycles. The summed E-state index contributed by atoms with van der Waals surface area (Å²) in [5.41, 5.74) is 10.7. The van der Waals surface area contributed by atoms with Crippen LogP contribution in [0.5, 0.6) is 0 Å². The van der Waals surface area contributed by atoms with E-state index in [9.17, 15) is 0 Å². The zero-order chi connectivity index (χ0) is 20.9. The topological polar surface area (TPSA) is 88.5 Å². The Morgan fingerprint density at radius 3 is 1.71 bits per heavy atom. The van der Waals surface area contributed by atoms with Gasteiger partial charge >= 0.3 is 0 Å². The number of para-hydroxylation sites is 2. The fraction of sp³-hybridized carbons (Fsp3) is 0. The average Bonchev–Trinajstić information content (AvgIpc) is 3.36. The Morgan fingerprint density at radius 1 is 0.613 bits per heavy atom. The van der Waals surface area contributed by atoms with E-state index < -0.39 is 0 Å². The molecule has 0 fully saturated rings. The van der Waals surface area contributed by atoms with Gasteiger partial charge < -0.3 is 14.6 Å². The first-order valence-corrected chi connectivity index (χ1v) is 9.93. The molecule has 0 amide bonds. The summed E-state index contributed by atoms with van der Waals surface area (Å²) < 4.78 is 11.9. The molecule has 0 aliphatic heterocycles. The van der Waals surface area contributed by atoms with Crippen molar-refractivity contribution in [2.24, 2.45) is 10.7 Å². The number of nitrogens with zero attached hydrogens (tertiary/aromatic N) is 1. The molecule has 0 radical (unpaired) electrons. The van der Waals surface area contributed by atoms with Crippen molar-refractivity contribution in [2.45, 2.75) is 0 Å². The molecule has 0 bridgehead atoms. The van der Waals surface area contributed by atoms with Crippen LogP contribution in [0.3, 0.4) is 0 Å². The normalized spacial score (nSPS) is 12.3. The zero-order valence-electron chi connectivity index (χ0n) is 16.4.